The SMILES string of the molecule is CC1(COc2ccc(C(N)CC(=O)O)cc2Cl)COC1. The maximum absolute atomic E-state index is 10.6. The molecule has 1 fully saturated rings. The number of aliphatic carboxylic acids is 1. The summed E-state index contributed by atoms with van der Waals surface area (Å²) < 4.78 is 10.8. The molecule has 1 heterocycles. The molecule has 1 aliphatic heterocycles. The summed E-state index contributed by atoms with van der Waals surface area (Å²) in [5.74, 6) is -0.363. The lowest BCUT2D eigenvalue weighted by Crippen LogP contribution is -2.44. The van der Waals surface area contributed by atoms with Gasteiger partial charge in [-0.2, -0.15) is 0 Å². The van der Waals surface area contributed by atoms with E-state index < -0.39 is 12.0 Å². The first-order chi connectivity index (χ1) is 9.39. The van der Waals surface area contributed by atoms with Gasteiger partial charge in [0.15, 0.2) is 0 Å². The van der Waals surface area contributed by atoms with Gasteiger partial charge in [0.25, 0.3) is 0 Å². The maximum atomic E-state index is 10.6. The van der Waals surface area contributed by atoms with Crippen molar-refractivity contribution in [3.63, 3.8) is 0 Å². The van der Waals surface area contributed by atoms with Crippen LogP contribution in [0.4, 0.5) is 0 Å². The number of carboxylic acid groups (broad SMARTS) is 1. The second-order valence-corrected chi connectivity index (χ2v) is 5.89. The third-order valence-corrected chi connectivity index (χ3v) is 3.55. The standard InChI is InChI=1S/C14H18ClNO4/c1-14(6-19-7-14)8-20-12-3-2-9(4-10(12)15)11(16)5-13(17)18/h2-4,11H,5-8,16H2,1H3,(H,17,18). The van der Waals surface area contributed by atoms with Crippen LogP contribution >= 0.6 is 11.6 Å². The highest BCUT2D eigenvalue weighted by Gasteiger charge is 2.34. The molecular weight excluding hydrogens is 282 g/mol. The van der Waals surface area contributed by atoms with Crippen LogP contribution in [0.1, 0.15) is 24.9 Å². The Hall–Kier alpha value is -1.30. The monoisotopic (exact) mass is 299 g/mol. The number of carbonyl (C=O) groups is 1. The number of benzene rings is 1. The first-order valence-electron chi connectivity index (χ1n) is 6.37. The van der Waals surface area contributed by atoms with Crippen LogP contribution < -0.4 is 10.5 Å². The number of carboxylic acids is 1. The van der Waals surface area contributed by atoms with E-state index in [9.17, 15) is 4.79 Å². The molecular formula is C14H18ClNO4. The van der Waals surface area contributed by atoms with Crippen LogP contribution in [0.15, 0.2) is 18.2 Å². The summed E-state index contributed by atoms with van der Waals surface area (Å²) in [7, 11) is 0. The van der Waals surface area contributed by atoms with Crippen LogP contribution in [-0.4, -0.2) is 30.9 Å². The van der Waals surface area contributed by atoms with E-state index >= 15 is 0 Å². The molecule has 0 aliphatic carbocycles. The summed E-state index contributed by atoms with van der Waals surface area (Å²) in [6.45, 7) is 3.99. The normalized spacial score (nSPS) is 18.1. The van der Waals surface area contributed by atoms with Crippen LogP contribution in [0.3, 0.4) is 0 Å². The van der Waals surface area contributed by atoms with Gasteiger partial charge < -0.3 is 20.3 Å². The molecule has 110 valence electrons. The fourth-order valence-corrected chi connectivity index (χ4v) is 2.20. The highest BCUT2D eigenvalue weighted by atomic mass is 35.5. The van der Waals surface area contributed by atoms with Gasteiger partial charge in [0, 0.05) is 11.5 Å². The van der Waals surface area contributed by atoms with Crippen molar-refractivity contribution in [3.8, 4) is 5.75 Å². The molecule has 1 aliphatic rings. The second-order valence-electron chi connectivity index (χ2n) is 5.49. The molecule has 0 spiro atoms. The topological polar surface area (TPSA) is 81.8 Å². The van der Waals surface area contributed by atoms with Gasteiger partial charge in [-0.15, -0.1) is 0 Å². The smallest absolute Gasteiger partial charge is 0.305 e. The van der Waals surface area contributed by atoms with Crippen molar-refractivity contribution in [2.45, 2.75) is 19.4 Å². The lowest BCUT2D eigenvalue weighted by Gasteiger charge is -2.37. The molecule has 5 nitrogen and oxygen atoms in total. The van der Waals surface area contributed by atoms with Crippen molar-refractivity contribution >= 4 is 17.6 Å². The summed E-state index contributed by atoms with van der Waals surface area (Å²) in [4.78, 5) is 10.6. The number of halogens is 1. The van der Waals surface area contributed by atoms with Crippen LogP contribution in [0.2, 0.25) is 5.02 Å². The molecule has 2 rings (SSSR count). The van der Waals surface area contributed by atoms with Gasteiger partial charge in [0.2, 0.25) is 0 Å². The fraction of sp³-hybridized carbons (Fsp3) is 0.500. The third kappa shape index (κ3) is 3.62. The summed E-state index contributed by atoms with van der Waals surface area (Å²) in [5.41, 5.74) is 6.52. The van der Waals surface area contributed by atoms with E-state index in [1.54, 1.807) is 18.2 Å². The predicted molar refractivity (Wildman–Crippen MR) is 75.1 cm³/mol. The first-order valence-corrected chi connectivity index (χ1v) is 6.75. The van der Waals surface area contributed by atoms with Crippen LogP contribution in [0, 0.1) is 5.41 Å². The number of rotatable bonds is 6. The Morgan fingerprint density at radius 3 is 2.80 bits per heavy atom. The van der Waals surface area contributed by atoms with Crippen molar-refractivity contribution in [3.05, 3.63) is 28.8 Å². The van der Waals surface area contributed by atoms with Crippen molar-refractivity contribution in [1.29, 1.82) is 0 Å². The predicted octanol–water partition coefficient (Wildman–Crippen LogP) is 2.23. The lowest BCUT2D eigenvalue weighted by molar-refractivity contribution is -0.137. The number of ether oxygens (including phenoxy) is 2. The summed E-state index contributed by atoms with van der Waals surface area (Å²) in [6.07, 6.45) is -0.133. The zero-order valence-electron chi connectivity index (χ0n) is 11.3. The fourth-order valence-electron chi connectivity index (χ4n) is 1.96. The van der Waals surface area contributed by atoms with E-state index in [0.717, 1.165) is 0 Å². The number of hydrogen-bond acceptors (Lipinski definition) is 4. The van der Waals surface area contributed by atoms with E-state index in [2.05, 4.69) is 6.92 Å². The molecule has 1 unspecified atom stereocenters. The van der Waals surface area contributed by atoms with Crippen LogP contribution in [-0.2, 0) is 9.53 Å². The molecule has 1 atom stereocenters. The van der Waals surface area contributed by atoms with Crippen molar-refractivity contribution < 1.29 is 19.4 Å². The molecule has 3 N–H and O–H groups in total. The Labute approximate surface area is 122 Å². The molecule has 6 heteroatoms. The second kappa shape index (κ2) is 5.99. The highest BCUT2D eigenvalue weighted by molar-refractivity contribution is 6.32. The Kier molecular flexibility index (Phi) is 4.52. The molecule has 20 heavy (non-hydrogen) atoms. The average molecular weight is 300 g/mol. The quantitative estimate of drug-likeness (QED) is 0.842. The molecule has 0 radical (unpaired) electrons. The van der Waals surface area contributed by atoms with Gasteiger partial charge in [-0.1, -0.05) is 24.6 Å². The number of hydrogen-bond donors (Lipinski definition) is 2. The Bertz CT molecular complexity index is 502. The lowest BCUT2D eigenvalue weighted by atomic mass is 9.90. The van der Waals surface area contributed by atoms with Crippen LogP contribution in [0.25, 0.3) is 0 Å². The number of nitrogens with two attached hydrogens (primary N) is 1. The highest BCUT2D eigenvalue weighted by Crippen LogP contribution is 2.32. The zero-order chi connectivity index (χ0) is 14.8. The van der Waals surface area contributed by atoms with Crippen molar-refractivity contribution in [2.75, 3.05) is 19.8 Å². The maximum Gasteiger partial charge on any atom is 0.305 e. The molecule has 1 saturated heterocycles. The third-order valence-electron chi connectivity index (χ3n) is 3.26. The van der Waals surface area contributed by atoms with Crippen molar-refractivity contribution in [2.24, 2.45) is 11.1 Å². The van der Waals surface area contributed by atoms with E-state index in [4.69, 9.17) is 31.9 Å². The van der Waals surface area contributed by atoms with Gasteiger partial charge in [-0.3, -0.25) is 4.79 Å². The van der Waals surface area contributed by atoms with Crippen molar-refractivity contribution in [1.82, 2.24) is 0 Å². The largest absolute Gasteiger partial charge is 0.491 e. The summed E-state index contributed by atoms with van der Waals surface area (Å²) in [5, 5.41) is 9.16. The Balaban J connectivity index is 2.00. The first kappa shape index (κ1) is 15.1. The molecule has 0 aromatic heterocycles. The molecule has 0 bridgehead atoms. The molecule has 0 amide bonds. The van der Waals surface area contributed by atoms with E-state index in [-0.39, 0.29) is 11.8 Å². The zero-order valence-corrected chi connectivity index (χ0v) is 12.0. The molecule has 1 aromatic carbocycles. The van der Waals surface area contributed by atoms with Gasteiger partial charge >= 0.3 is 5.97 Å². The van der Waals surface area contributed by atoms with Crippen LogP contribution in [0.5, 0.6) is 5.75 Å². The average Bonchev–Trinajstić information content (AvgIpc) is 2.34. The minimum Gasteiger partial charge on any atom is -0.491 e. The van der Waals surface area contributed by atoms with Gasteiger partial charge in [-0.25, -0.2) is 0 Å². The van der Waals surface area contributed by atoms with E-state index in [1.165, 1.54) is 0 Å². The molecule has 0 saturated carbocycles. The summed E-state index contributed by atoms with van der Waals surface area (Å²) >= 11 is 6.14. The minimum atomic E-state index is -0.938. The summed E-state index contributed by atoms with van der Waals surface area (Å²) in [6, 6.07) is 4.55. The van der Waals surface area contributed by atoms with Gasteiger partial charge in [0.05, 0.1) is 31.3 Å². The minimum absolute atomic E-state index is 0.0434. The van der Waals surface area contributed by atoms with Gasteiger partial charge in [0.1, 0.15) is 5.75 Å². The Morgan fingerprint density at radius 1 is 1.60 bits per heavy atom. The van der Waals surface area contributed by atoms with E-state index in [1.807, 2.05) is 0 Å². The molecule has 1 aromatic rings. The van der Waals surface area contributed by atoms with E-state index in [0.29, 0.717) is 36.2 Å². The van der Waals surface area contributed by atoms with Gasteiger partial charge in [-0.05, 0) is 17.7 Å². The Morgan fingerprint density at radius 2 is 2.30 bits per heavy atom.